The third-order valence-corrected chi connectivity index (χ3v) is 6.94. The minimum Gasteiger partial charge on any atom is -0.465 e. The minimum absolute atomic E-state index is 0.257. The second-order valence-corrected chi connectivity index (χ2v) is 9.31. The molecule has 9 heteroatoms. The van der Waals surface area contributed by atoms with Crippen LogP contribution in [0.3, 0.4) is 0 Å². The number of nitrogens with two attached hydrogens (primary N) is 2. The molecule has 1 aliphatic rings. The lowest BCUT2D eigenvalue weighted by Gasteiger charge is -2.38. The van der Waals surface area contributed by atoms with Crippen molar-refractivity contribution in [3.63, 3.8) is 0 Å². The quantitative estimate of drug-likeness (QED) is 0.266. The van der Waals surface area contributed by atoms with Crippen molar-refractivity contribution < 1.29 is 9.90 Å². The lowest BCUT2D eigenvalue weighted by atomic mass is 9.73. The monoisotopic (exact) mass is 491 g/mol. The topological polar surface area (TPSA) is 145 Å². The first-order valence-electron chi connectivity index (χ1n) is 12.0. The molecule has 1 saturated carbocycles. The zero-order valence-electron chi connectivity index (χ0n) is 19.9. The molecule has 0 aliphatic heterocycles. The molecule has 184 valence electrons. The van der Waals surface area contributed by atoms with Crippen molar-refractivity contribution in [3.8, 4) is 28.3 Å². The van der Waals surface area contributed by atoms with Crippen LogP contribution in [-0.2, 0) is 5.54 Å². The maximum absolute atomic E-state index is 11.1. The van der Waals surface area contributed by atoms with E-state index in [4.69, 9.17) is 26.5 Å². The van der Waals surface area contributed by atoms with Crippen molar-refractivity contribution in [2.24, 2.45) is 5.73 Å². The molecular weight excluding hydrogens is 466 g/mol. The molecule has 1 amide bonds. The minimum atomic E-state index is -1.12. The Morgan fingerprint density at radius 3 is 2.51 bits per heavy atom. The number of benzene rings is 2. The SMILES string of the molecule is Nc1ncccc1-c1nc2ccc(-c3cccc(NC(=O)O)c3)nc2n1-c1ccc(C2(N)CCC2)cc1. The molecule has 1 fully saturated rings. The van der Waals surface area contributed by atoms with Gasteiger partial charge in [0.2, 0.25) is 0 Å². The number of anilines is 2. The Balaban J connectivity index is 1.52. The molecule has 0 atom stereocenters. The number of hydrogen-bond donors (Lipinski definition) is 4. The fraction of sp³-hybridized carbons (Fsp3) is 0.143. The lowest BCUT2D eigenvalue weighted by Crippen LogP contribution is -2.43. The standard InChI is InChI=1S/C28H25N7O2/c29-24-21(6-2-15-31-24)25-34-23-12-11-22(17-4-1-5-19(16-17)32-27(36)37)33-26(23)35(25)20-9-7-18(8-10-20)28(30)13-3-14-28/h1-2,4-12,15-16,32H,3,13-14,30H2,(H2,29,31)(H,36,37). The summed E-state index contributed by atoms with van der Waals surface area (Å²) in [6.07, 6.45) is 3.64. The van der Waals surface area contributed by atoms with E-state index in [0.717, 1.165) is 36.1 Å². The third kappa shape index (κ3) is 4.05. The van der Waals surface area contributed by atoms with Gasteiger partial charge < -0.3 is 16.6 Å². The normalized spacial score (nSPS) is 14.3. The number of aromatic nitrogens is 4. The van der Waals surface area contributed by atoms with Gasteiger partial charge in [-0.2, -0.15) is 0 Å². The first kappa shape index (κ1) is 22.7. The average Bonchev–Trinajstić information content (AvgIpc) is 3.26. The van der Waals surface area contributed by atoms with Crippen LogP contribution in [0.5, 0.6) is 0 Å². The van der Waals surface area contributed by atoms with Crippen molar-refractivity contribution in [3.05, 3.63) is 84.6 Å². The van der Waals surface area contributed by atoms with E-state index in [0.29, 0.717) is 39.8 Å². The van der Waals surface area contributed by atoms with Crippen LogP contribution in [-0.4, -0.2) is 30.7 Å². The highest BCUT2D eigenvalue weighted by molar-refractivity contribution is 5.86. The summed E-state index contributed by atoms with van der Waals surface area (Å²) in [4.78, 5) is 25.2. The number of nitrogens with zero attached hydrogens (tertiary/aromatic N) is 4. The number of fused-ring (bicyclic) bond motifs is 1. The molecule has 3 aromatic heterocycles. The number of amides is 1. The van der Waals surface area contributed by atoms with Gasteiger partial charge in [0.05, 0.1) is 11.3 Å². The van der Waals surface area contributed by atoms with Crippen LogP contribution in [0.25, 0.3) is 39.5 Å². The van der Waals surface area contributed by atoms with E-state index in [9.17, 15) is 4.79 Å². The van der Waals surface area contributed by atoms with Gasteiger partial charge in [-0.15, -0.1) is 0 Å². The zero-order chi connectivity index (χ0) is 25.6. The van der Waals surface area contributed by atoms with Crippen molar-refractivity contribution >= 4 is 28.8 Å². The maximum Gasteiger partial charge on any atom is 0.409 e. The van der Waals surface area contributed by atoms with Gasteiger partial charge in [-0.05, 0) is 73.4 Å². The molecule has 0 unspecified atom stereocenters. The van der Waals surface area contributed by atoms with Crippen LogP contribution < -0.4 is 16.8 Å². The molecular formula is C28H25N7O2. The molecule has 9 nitrogen and oxygen atoms in total. The van der Waals surface area contributed by atoms with Gasteiger partial charge >= 0.3 is 6.09 Å². The molecule has 3 heterocycles. The predicted molar refractivity (Wildman–Crippen MR) is 143 cm³/mol. The summed E-state index contributed by atoms with van der Waals surface area (Å²) in [6.45, 7) is 0. The summed E-state index contributed by atoms with van der Waals surface area (Å²) in [5.41, 5.74) is 18.5. The van der Waals surface area contributed by atoms with Gasteiger partial charge in [0.1, 0.15) is 11.3 Å². The fourth-order valence-electron chi connectivity index (χ4n) is 4.82. The Morgan fingerprint density at radius 2 is 1.81 bits per heavy atom. The van der Waals surface area contributed by atoms with Crippen LogP contribution in [0, 0.1) is 0 Å². The van der Waals surface area contributed by atoms with E-state index in [2.05, 4.69) is 22.4 Å². The van der Waals surface area contributed by atoms with Crippen molar-refractivity contribution in [1.82, 2.24) is 19.5 Å². The lowest BCUT2D eigenvalue weighted by molar-refractivity contribution is 0.209. The summed E-state index contributed by atoms with van der Waals surface area (Å²) >= 11 is 0. The maximum atomic E-state index is 11.1. The number of rotatable bonds is 5. The van der Waals surface area contributed by atoms with Gasteiger partial charge in [-0.1, -0.05) is 24.3 Å². The summed E-state index contributed by atoms with van der Waals surface area (Å²) in [7, 11) is 0. The van der Waals surface area contributed by atoms with Crippen LogP contribution in [0.2, 0.25) is 0 Å². The largest absolute Gasteiger partial charge is 0.465 e. The molecule has 0 radical (unpaired) electrons. The molecule has 37 heavy (non-hydrogen) atoms. The highest BCUT2D eigenvalue weighted by Gasteiger charge is 2.34. The highest BCUT2D eigenvalue weighted by atomic mass is 16.4. The molecule has 5 aromatic rings. The summed E-state index contributed by atoms with van der Waals surface area (Å²) in [6, 6.07) is 22.8. The van der Waals surface area contributed by atoms with Crippen LogP contribution >= 0.6 is 0 Å². The fourth-order valence-corrected chi connectivity index (χ4v) is 4.82. The van der Waals surface area contributed by atoms with Gasteiger partial charge in [-0.3, -0.25) is 9.88 Å². The number of pyridine rings is 2. The van der Waals surface area contributed by atoms with E-state index in [-0.39, 0.29) is 5.54 Å². The van der Waals surface area contributed by atoms with Gasteiger partial charge in [0.25, 0.3) is 0 Å². The van der Waals surface area contributed by atoms with Crippen LogP contribution in [0.4, 0.5) is 16.3 Å². The van der Waals surface area contributed by atoms with E-state index in [1.165, 1.54) is 0 Å². The molecule has 0 bridgehead atoms. The van der Waals surface area contributed by atoms with Gasteiger partial charge in [0.15, 0.2) is 11.5 Å². The number of carbonyl (C=O) groups is 1. The Hall–Kier alpha value is -4.76. The molecule has 1 aliphatic carbocycles. The Labute approximate surface area is 212 Å². The molecule has 0 saturated heterocycles. The predicted octanol–water partition coefficient (Wildman–Crippen LogP) is 5.16. The van der Waals surface area contributed by atoms with E-state index in [1.54, 1.807) is 24.4 Å². The number of hydrogen-bond acceptors (Lipinski definition) is 6. The molecule has 6 N–H and O–H groups in total. The Morgan fingerprint density at radius 1 is 1.00 bits per heavy atom. The van der Waals surface area contributed by atoms with Gasteiger partial charge in [0, 0.05) is 28.7 Å². The van der Waals surface area contributed by atoms with Crippen LogP contribution in [0.15, 0.2) is 79.0 Å². The average molecular weight is 492 g/mol. The second-order valence-electron chi connectivity index (χ2n) is 9.31. The van der Waals surface area contributed by atoms with Gasteiger partial charge in [-0.25, -0.2) is 19.7 Å². The summed E-state index contributed by atoms with van der Waals surface area (Å²) < 4.78 is 1.97. The molecule has 6 rings (SSSR count). The highest BCUT2D eigenvalue weighted by Crippen LogP contribution is 2.39. The third-order valence-electron chi connectivity index (χ3n) is 6.94. The molecule has 0 spiro atoms. The smallest absolute Gasteiger partial charge is 0.409 e. The zero-order valence-corrected chi connectivity index (χ0v) is 19.9. The first-order chi connectivity index (χ1) is 17.9. The number of imidazole rings is 1. The Bertz CT molecular complexity index is 1640. The Kier molecular flexibility index (Phi) is 5.35. The van der Waals surface area contributed by atoms with Crippen molar-refractivity contribution in [1.29, 1.82) is 0 Å². The van der Waals surface area contributed by atoms with Crippen LogP contribution in [0.1, 0.15) is 24.8 Å². The number of nitrogen functional groups attached to an aromatic ring is 1. The summed E-state index contributed by atoms with van der Waals surface area (Å²) in [5.74, 6) is 1.00. The van der Waals surface area contributed by atoms with Crippen molar-refractivity contribution in [2.45, 2.75) is 24.8 Å². The number of carboxylic acid groups (broad SMARTS) is 1. The van der Waals surface area contributed by atoms with E-state index in [1.807, 2.05) is 47.0 Å². The van der Waals surface area contributed by atoms with Crippen molar-refractivity contribution in [2.75, 3.05) is 11.1 Å². The summed E-state index contributed by atoms with van der Waals surface area (Å²) in [5, 5.41) is 11.5. The van der Waals surface area contributed by atoms with E-state index >= 15 is 0 Å². The van der Waals surface area contributed by atoms with E-state index < -0.39 is 6.09 Å². The second kappa shape index (κ2) is 8.72. The first-order valence-corrected chi connectivity index (χ1v) is 12.0. The molecule has 2 aromatic carbocycles. The number of nitrogens with one attached hydrogen (secondary N) is 1.